The van der Waals surface area contributed by atoms with Crippen LogP contribution in [-0.4, -0.2) is 16.3 Å². The summed E-state index contributed by atoms with van der Waals surface area (Å²) in [6.07, 6.45) is 7.13. The molecule has 0 bridgehead atoms. The van der Waals surface area contributed by atoms with Crippen molar-refractivity contribution in [2.75, 3.05) is 6.54 Å². The molecule has 0 saturated heterocycles. The quantitative estimate of drug-likeness (QED) is 0.816. The van der Waals surface area contributed by atoms with Gasteiger partial charge < -0.3 is 5.73 Å². The van der Waals surface area contributed by atoms with Gasteiger partial charge in [0.05, 0.1) is 5.69 Å². The highest BCUT2D eigenvalue weighted by Crippen LogP contribution is 2.23. The first-order valence-electron chi connectivity index (χ1n) is 6.14. The Morgan fingerprint density at radius 3 is 2.93 bits per heavy atom. The molecule has 15 heavy (non-hydrogen) atoms. The molecular formula is C12H21N3. The van der Waals surface area contributed by atoms with E-state index in [2.05, 4.69) is 11.6 Å². The molecule has 1 aromatic rings. The molecule has 2 rings (SSSR count). The van der Waals surface area contributed by atoms with Gasteiger partial charge in [-0.15, -0.1) is 0 Å². The Labute approximate surface area is 91.7 Å². The van der Waals surface area contributed by atoms with Gasteiger partial charge in [-0.1, -0.05) is 13.3 Å². The number of hydrogen-bond donors (Lipinski definition) is 1. The van der Waals surface area contributed by atoms with Gasteiger partial charge in [-0.25, -0.2) is 0 Å². The van der Waals surface area contributed by atoms with Crippen LogP contribution in [0, 0.1) is 0 Å². The van der Waals surface area contributed by atoms with Crippen LogP contribution in [0.15, 0.2) is 0 Å². The normalized spacial score (nSPS) is 15.3. The van der Waals surface area contributed by atoms with Crippen LogP contribution in [0.3, 0.4) is 0 Å². The number of aromatic nitrogens is 2. The number of fused-ring (bicyclic) bond motifs is 1. The Hall–Kier alpha value is -0.830. The van der Waals surface area contributed by atoms with Crippen LogP contribution in [0.25, 0.3) is 0 Å². The van der Waals surface area contributed by atoms with Crippen molar-refractivity contribution in [3.63, 3.8) is 0 Å². The van der Waals surface area contributed by atoms with E-state index in [9.17, 15) is 0 Å². The first-order valence-corrected chi connectivity index (χ1v) is 6.14. The SMILES string of the molecule is CCCc1c(CCN)nn2c1CCCC2. The highest BCUT2D eigenvalue weighted by Gasteiger charge is 2.18. The zero-order valence-corrected chi connectivity index (χ0v) is 9.63. The lowest BCUT2D eigenvalue weighted by Crippen LogP contribution is -2.12. The maximum Gasteiger partial charge on any atom is 0.0672 e. The van der Waals surface area contributed by atoms with E-state index in [0.29, 0.717) is 6.54 Å². The summed E-state index contributed by atoms with van der Waals surface area (Å²) in [7, 11) is 0. The van der Waals surface area contributed by atoms with Crippen LogP contribution in [0.1, 0.15) is 43.1 Å². The van der Waals surface area contributed by atoms with Crippen molar-refractivity contribution in [3.8, 4) is 0 Å². The molecule has 3 heteroatoms. The van der Waals surface area contributed by atoms with Crippen molar-refractivity contribution in [1.29, 1.82) is 0 Å². The second kappa shape index (κ2) is 4.79. The minimum absolute atomic E-state index is 0.715. The van der Waals surface area contributed by atoms with E-state index in [0.717, 1.165) is 13.0 Å². The molecule has 0 spiro atoms. The molecule has 2 N–H and O–H groups in total. The fraction of sp³-hybridized carbons (Fsp3) is 0.750. The molecule has 0 atom stereocenters. The predicted molar refractivity (Wildman–Crippen MR) is 61.9 cm³/mol. The zero-order valence-electron chi connectivity index (χ0n) is 9.63. The molecule has 3 nitrogen and oxygen atoms in total. The zero-order chi connectivity index (χ0) is 10.7. The second-order valence-electron chi connectivity index (χ2n) is 4.34. The predicted octanol–water partition coefficient (Wildman–Crippen LogP) is 1.67. The first-order chi connectivity index (χ1) is 7.36. The maximum atomic E-state index is 5.63. The molecule has 0 amide bonds. The molecule has 1 aliphatic rings. The standard InChI is InChI=1S/C12H21N3/c1-2-5-10-11(7-8-13)14-15-9-4-3-6-12(10)15/h2-9,13H2,1H3. The largest absolute Gasteiger partial charge is 0.330 e. The van der Waals surface area contributed by atoms with E-state index in [1.165, 1.54) is 49.1 Å². The Morgan fingerprint density at radius 1 is 1.33 bits per heavy atom. The Morgan fingerprint density at radius 2 is 2.20 bits per heavy atom. The van der Waals surface area contributed by atoms with E-state index in [4.69, 9.17) is 10.8 Å². The maximum absolute atomic E-state index is 5.63. The Bertz CT molecular complexity index is 328. The molecular weight excluding hydrogens is 186 g/mol. The topological polar surface area (TPSA) is 43.8 Å². The molecule has 0 saturated carbocycles. The van der Waals surface area contributed by atoms with Gasteiger partial charge in [0.2, 0.25) is 0 Å². The van der Waals surface area contributed by atoms with E-state index in [1.54, 1.807) is 0 Å². The van der Waals surface area contributed by atoms with E-state index in [-0.39, 0.29) is 0 Å². The van der Waals surface area contributed by atoms with Crippen LogP contribution in [0.4, 0.5) is 0 Å². The molecule has 0 fully saturated rings. The van der Waals surface area contributed by atoms with Gasteiger partial charge >= 0.3 is 0 Å². The summed E-state index contributed by atoms with van der Waals surface area (Å²) < 4.78 is 2.22. The van der Waals surface area contributed by atoms with Gasteiger partial charge in [0.25, 0.3) is 0 Å². The summed E-state index contributed by atoms with van der Waals surface area (Å²) in [6, 6.07) is 0. The lowest BCUT2D eigenvalue weighted by molar-refractivity contribution is 0.481. The van der Waals surface area contributed by atoms with Crippen molar-refractivity contribution in [2.24, 2.45) is 5.73 Å². The van der Waals surface area contributed by atoms with Gasteiger partial charge in [0, 0.05) is 18.7 Å². The minimum Gasteiger partial charge on any atom is -0.330 e. The fourth-order valence-electron chi connectivity index (χ4n) is 2.48. The van der Waals surface area contributed by atoms with E-state index >= 15 is 0 Å². The molecule has 1 aromatic heterocycles. The van der Waals surface area contributed by atoms with Gasteiger partial charge in [-0.05, 0) is 37.8 Å². The summed E-state index contributed by atoms with van der Waals surface area (Å²) in [4.78, 5) is 0. The van der Waals surface area contributed by atoms with Crippen LogP contribution >= 0.6 is 0 Å². The lowest BCUT2D eigenvalue weighted by Gasteiger charge is -2.14. The highest BCUT2D eigenvalue weighted by atomic mass is 15.3. The summed E-state index contributed by atoms with van der Waals surface area (Å²) in [5.41, 5.74) is 9.89. The van der Waals surface area contributed by atoms with Crippen molar-refractivity contribution in [3.05, 3.63) is 17.0 Å². The third-order valence-corrected chi connectivity index (χ3v) is 3.16. The Kier molecular flexibility index (Phi) is 3.41. The van der Waals surface area contributed by atoms with Crippen LogP contribution in [-0.2, 0) is 25.8 Å². The fourth-order valence-corrected chi connectivity index (χ4v) is 2.48. The number of hydrogen-bond acceptors (Lipinski definition) is 2. The molecule has 84 valence electrons. The molecule has 0 aromatic carbocycles. The smallest absolute Gasteiger partial charge is 0.0672 e. The van der Waals surface area contributed by atoms with Crippen molar-refractivity contribution >= 4 is 0 Å². The van der Waals surface area contributed by atoms with Crippen molar-refractivity contribution < 1.29 is 0 Å². The lowest BCUT2D eigenvalue weighted by atomic mass is 10.0. The number of aryl methyl sites for hydroxylation is 1. The first kappa shape index (κ1) is 10.7. The van der Waals surface area contributed by atoms with Crippen LogP contribution < -0.4 is 5.73 Å². The van der Waals surface area contributed by atoms with E-state index in [1.807, 2.05) is 0 Å². The van der Waals surface area contributed by atoms with Gasteiger partial charge in [-0.2, -0.15) is 5.10 Å². The third-order valence-electron chi connectivity index (χ3n) is 3.16. The van der Waals surface area contributed by atoms with E-state index < -0.39 is 0 Å². The number of rotatable bonds is 4. The molecule has 0 unspecified atom stereocenters. The van der Waals surface area contributed by atoms with Gasteiger partial charge in [-0.3, -0.25) is 4.68 Å². The minimum atomic E-state index is 0.715. The summed E-state index contributed by atoms with van der Waals surface area (Å²) in [5.74, 6) is 0. The van der Waals surface area contributed by atoms with Crippen molar-refractivity contribution in [2.45, 2.75) is 52.0 Å². The van der Waals surface area contributed by atoms with Crippen molar-refractivity contribution in [1.82, 2.24) is 9.78 Å². The summed E-state index contributed by atoms with van der Waals surface area (Å²) >= 11 is 0. The molecule has 0 radical (unpaired) electrons. The molecule has 0 aliphatic carbocycles. The van der Waals surface area contributed by atoms with Crippen LogP contribution in [0.5, 0.6) is 0 Å². The number of nitrogens with two attached hydrogens (primary N) is 1. The molecule has 1 aliphatic heterocycles. The molecule has 2 heterocycles. The average molecular weight is 207 g/mol. The second-order valence-corrected chi connectivity index (χ2v) is 4.34. The van der Waals surface area contributed by atoms with Gasteiger partial charge in [0.1, 0.15) is 0 Å². The Balaban J connectivity index is 2.32. The van der Waals surface area contributed by atoms with Gasteiger partial charge in [0.15, 0.2) is 0 Å². The monoisotopic (exact) mass is 207 g/mol. The summed E-state index contributed by atoms with van der Waals surface area (Å²) in [6.45, 7) is 4.06. The summed E-state index contributed by atoms with van der Waals surface area (Å²) in [5, 5.41) is 4.70. The highest BCUT2D eigenvalue weighted by molar-refractivity contribution is 5.28. The van der Waals surface area contributed by atoms with Crippen LogP contribution in [0.2, 0.25) is 0 Å². The average Bonchev–Trinajstić information content (AvgIpc) is 2.59. The third kappa shape index (κ3) is 2.07. The number of nitrogens with zero attached hydrogens (tertiary/aromatic N) is 2.